The van der Waals surface area contributed by atoms with Gasteiger partial charge >= 0.3 is 0 Å². The van der Waals surface area contributed by atoms with E-state index in [4.69, 9.17) is 9.15 Å². The highest BCUT2D eigenvalue weighted by Crippen LogP contribution is 2.28. The Balaban J connectivity index is 1.76. The van der Waals surface area contributed by atoms with Crippen LogP contribution in [-0.4, -0.2) is 29.3 Å². The van der Waals surface area contributed by atoms with Crippen molar-refractivity contribution in [1.29, 1.82) is 0 Å². The second-order valence-electron chi connectivity index (χ2n) is 6.36. The highest BCUT2D eigenvalue weighted by atomic mass is 79.9. The number of aryl methyl sites for hydroxylation is 1. The Bertz CT molecular complexity index is 877. The summed E-state index contributed by atoms with van der Waals surface area (Å²) < 4.78 is 12.4. The van der Waals surface area contributed by atoms with Crippen LogP contribution in [0.15, 0.2) is 51.4 Å². The second-order valence-corrected chi connectivity index (χ2v) is 7.27. The van der Waals surface area contributed by atoms with Gasteiger partial charge in [0.2, 0.25) is 11.8 Å². The molecule has 136 valence electrons. The number of benzene rings is 2. The van der Waals surface area contributed by atoms with E-state index in [-0.39, 0.29) is 6.04 Å². The SMILES string of the molecule is COc1ccc(Br)cc1CN(C)C(C)c1nnc(-c2ccc(C)cc2)o1. The first kappa shape index (κ1) is 18.6. The molecule has 0 saturated heterocycles. The summed E-state index contributed by atoms with van der Waals surface area (Å²) in [5, 5.41) is 8.44. The van der Waals surface area contributed by atoms with Crippen molar-refractivity contribution in [3.63, 3.8) is 0 Å². The van der Waals surface area contributed by atoms with Gasteiger partial charge in [-0.05, 0) is 51.2 Å². The lowest BCUT2D eigenvalue weighted by Crippen LogP contribution is -2.22. The fraction of sp³-hybridized carbons (Fsp3) is 0.300. The van der Waals surface area contributed by atoms with Crippen molar-refractivity contribution in [1.82, 2.24) is 15.1 Å². The van der Waals surface area contributed by atoms with Gasteiger partial charge in [0.15, 0.2) is 0 Å². The Morgan fingerprint density at radius 2 is 1.88 bits per heavy atom. The largest absolute Gasteiger partial charge is 0.496 e. The van der Waals surface area contributed by atoms with Gasteiger partial charge < -0.3 is 9.15 Å². The summed E-state index contributed by atoms with van der Waals surface area (Å²) in [6.07, 6.45) is 0. The molecule has 1 atom stereocenters. The molecular formula is C20H22BrN3O2. The lowest BCUT2D eigenvalue weighted by Gasteiger charge is -2.23. The zero-order valence-electron chi connectivity index (χ0n) is 15.4. The summed E-state index contributed by atoms with van der Waals surface area (Å²) in [5.41, 5.74) is 3.22. The molecule has 26 heavy (non-hydrogen) atoms. The molecule has 1 aromatic heterocycles. The number of rotatable bonds is 6. The molecule has 3 rings (SSSR count). The molecule has 0 spiro atoms. The number of aromatic nitrogens is 2. The molecule has 0 aliphatic carbocycles. The minimum Gasteiger partial charge on any atom is -0.496 e. The average molecular weight is 416 g/mol. The van der Waals surface area contributed by atoms with Gasteiger partial charge in [-0.3, -0.25) is 4.90 Å². The molecule has 0 bridgehead atoms. The van der Waals surface area contributed by atoms with Gasteiger partial charge in [-0.25, -0.2) is 0 Å². The predicted molar refractivity (Wildman–Crippen MR) is 105 cm³/mol. The summed E-state index contributed by atoms with van der Waals surface area (Å²) in [5.74, 6) is 2.00. The van der Waals surface area contributed by atoms with Crippen LogP contribution in [0, 0.1) is 6.92 Å². The topological polar surface area (TPSA) is 51.4 Å². The van der Waals surface area contributed by atoms with E-state index < -0.39 is 0 Å². The van der Waals surface area contributed by atoms with E-state index in [2.05, 4.69) is 50.9 Å². The number of ether oxygens (including phenoxy) is 1. The fourth-order valence-electron chi connectivity index (χ4n) is 2.68. The van der Waals surface area contributed by atoms with E-state index in [1.54, 1.807) is 7.11 Å². The summed E-state index contributed by atoms with van der Waals surface area (Å²) in [6.45, 7) is 4.80. The Morgan fingerprint density at radius 3 is 2.58 bits per heavy atom. The molecule has 0 fully saturated rings. The number of hydrogen-bond donors (Lipinski definition) is 0. The van der Waals surface area contributed by atoms with Crippen LogP contribution in [0.25, 0.3) is 11.5 Å². The van der Waals surface area contributed by atoms with Crippen molar-refractivity contribution in [3.05, 3.63) is 64.0 Å². The molecule has 1 unspecified atom stereocenters. The van der Waals surface area contributed by atoms with Crippen molar-refractivity contribution in [3.8, 4) is 17.2 Å². The van der Waals surface area contributed by atoms with Gasteiger partial charge in [-0.2, -0.15) is 0 Å². The van der Waals surface area contributed by atoms with Crippen molar-refractivity contribution < 1.29 is 9.15 Å². The van der Waals surface area contributed by atoms with Crippen molar-refractivity contribution in [2.75, 3.05) is 14.2 Å². The van der Waals surface area contributed by atoms with Gasteiger partial charge in [0, 0.05) is 22.1 Å². The van der Waals surface area contributed by atoms with Crippen molar-refractivity contribution in [2.24, 2.45) is 0 Å². The average Bonchev–Trinajstić information content (AvgIpc) is 3.12. The Morgan fingerprint density at radius 1 is 1.15 bits per heavy atom. The third-order valence-electron chi connectivity index (χ3n) is 4.42. The lowest BCUT2D eigenvalue weighted by atomic mass is 10.1. The first-order valence-electron chi connectivity index (χ1n) is 8.41. The molecule has 0 aliphatic rings. The van der Waals surface area contributed by atoms with Gasteiger partial charge in [0.1, 0.15) is 5.75 Å². The maximum Gasteiger partial charge on any atom is 0.247 e. The first-order valence-corrected chi connectivity index (χ1v) is 9.20. The van der Waals surface area contributed by atoms with Gasteiger partial charge in [-0.15, -0.1) is 10.2 Å². The molecule has 5 nitrogen and oxygen atoms in total. The first-order chi connectivity index (χ1) is 12.5. The minimum atomic E-state index is -0.0228. The van der Waals surface area contributed by atoms with Gasteiger partial charge in [0.05, 0.1) is 13.2 Å². The van der Waals surface area contributed by atoms with Crippen molar-refractivity contribution in [2.45, 2.75) is 26.4 Å². The van der Waals surface area contributed by atoms with Crippen LogP contribution in [0.4, 0.5) is 0 Å². The highest BCUT2D eigenvalue weighted by molar-refractivity contribution is 9.10. The van der Waals surface area contributed by atoms with Gasteiger partial charge in [0.25, 0.3) is 0 Å². The zero-order chi connectivity index (χ0) is 18.7. The fourth-order valence-corrected chi connectivity index (χ4v) is 3.09. The number of halogens is 1. The summed E-state index contributed by atoms with van der Waals surface area (Å²) in [6, 6.07) is 14.0. The normalized spacial score (nSPS) is 12.4. The third kappa shape index (κ3) is 4.14. The molecule has 0 N–H and O–H groups in total. The van der Waals surface area contributed by atoms with Crippen LogP contribution < -0.4 is 4.74 Å². The Hall–Kier alpha value is -2.18. The molecule has 6 heteroatoms. The lowest BCUT2D eigenvalue weighted by molar-refractivity contribution is 0.215. The second kappa shape index (κ2) is 8.01. The molecule has 1 heterocycles. The number of nitrogens with zero attached hydrogens (tertiary/aromatic N) is 3. The summed E-state index contributed by atoms with van der Waals surface area (Å²) in [4.78, 5) is 2.15. The van der Waals surface area contributed by atoms with Crippen LogP contribution in [0.5, 0.6) is 5.75 Å². The molecule has 3 aromatic rings. The van der Waals surface area contributed by atoms with E-state index in [0.29, 0.717) is 18.3 Å². The van der Waals surface area contributed by atoms with Crippen molar-refractivity contribution >= 4 is 15.9 Å². The highest BCUT2D eigenvalue weighted by Gasteiger charge is 2.20. The maximum atomic E-state index is 5.91. The standard InChI is InChI=1S/C20H22BrN3O2/c1-13-5-7-15(8-6-13)20-23-22-19(26-20)14(2)24(3)12-16-11-17(21)9-10-18(16)25-4/h5-11,14H,12H2,1-4H3. The number of methoxy groups -OCH3 is 1. The van der Waals surface area contributed by atoms with E-state index in [1.807, 2.05) is 43.4 Å². The zero-order valence-corrected chi connectivity index (χ0v) is 16.9. The van der Waals surface area contributed by atoms with Crippen LogP contribution in [0.3, 0.4) is 0 Å². The predicted octanol–water partition coefficient (Wildman–Crippen LogP) is 5.01. The summed E-state index contributed by atoms with van der Waals surface area (Å²) in [7, 11) is 3.71. The minimum absolute atomic E-state index is 0.0228. The molecule has 0 amide bonds. The summed E-state index contributed by atoms with van der Waals surface area (Å²) >= 11 is 3.52. The van der Waals surface area contributed by atoms with E-state index in [0.717, 1.165) is 21.3 Å². The molecule has 0 radical (unpaired) electrons. The quantitative estimate of drug-likeness (QED) is 0.566. The van der Waals surface area contributed by atoms with Crippen LogP contribution in [0.2, 0.25) is 0 Å². The number of hydrogen-bond acceptors (Lipinski definition) is 5. The van der Waals surface area contributed by atoms with Gasteiger partial charge in [-0.1, -0.05) is 33.6 Å². The monoisotopic (exact) mass is 415 g/mol. The molecule has 0 aliphatic heterocycles. The Labute approximate surface area is 162 Å². The smallest absolute Gasteiger partial charge is 0.247 e. The van der Waals surface area contributed by atoms with Crippen LogP contribution in [-0.2, 0) is 6.54 Å². The Kier molecular flexibility index (Phi) is 5.74. The molecular weight excluding hydrogens is 394 g/mol. The maximum absolute atomic E-state index is 5.91. The van der Waals surface area contributed by atoms with E-state index in [1.165, 1.54) is 5.56 Å². The van der Waals surface area contributed by atoms with E-state index in [9.17, 15) is 0 Å². The van der Waals surface area contributed by atoms with Crippen LogP contribution >= 0.6 is 15.9 Å². The third-order valence-corrected chi connectivity index (χ3v) is 4.91. The van der Waals surface area contributed by atoms with Crippen LogP contribution in [0.1, 0.15) is 30.0 Å². The van der Waals surface area contributed by atoms with E-state index >= 15 is 0 Å². The molecule has 2 aromatic carbocycles. The molecule has 0 saturated carbocycles.